The Morgan fingerprint density at radius 2 is 2.20 bits per heavy atom. The van der Waals surface area contributed by atoms with E-state index in [1.807, 2.05) is 29.5 Å². The zero-order valence-corrected chi connectivity index (χ0v) is 13.1. The summed E-state index contributed by atoms with van der Waals surface area (Å²) in [7, 11) is 0. The van der Waals surface area contributed by atoms with Gasteiger partial charge >= 0.3 is 5.69 Å². The maximum absolute atomic E-state index is 11.9. The van der Waals surface area contributed by atoms with E-state index in [2.05, 4.69) is 4.98 Å². The smallest absolute Gasteiger partial charge is 0.330 e. The standard InChI is InChI=1S/C12H17IN2O5/c1-2-3-6-4-15(12(19)14-10(6)18)11-9(17)8(13)7(5-16)20-11/h4,7-9,11,16-17H,2-3,5H2,1H3,(H,14,18,19)/t7-,8?,9?,11-/m0/s1. The first-order valence-corrected chi connectivity index (χ1v) is 7.67. The summed E-state index contributed by atoms with van der Waals surface area (Å²) in [6.07, 6.45) is 0.379. The maximum atomic E-state index is 11.9. The summed E-state index contributed by atoms with van der Waals surface area (Å²) in [5, 5.41) is 19.3. The summed E-state index contributed by atoms with van der Waals surface area (Å²) in [4.78, 5) is 25.8. The van der Waals surface area contributed by atoms with Crippen molar-refractivity contribution in [2.75, 3.05) is 6.61 Å². The molecule has 1 aliphatic rings. The van der Waals surface area contributed by atoms with Gasteiger partial charge in [-0.15, -0.1) is 0 Å². The van der Waals surface area contributed by atoms with Crippen molar-refractivity contribution in [2.24, 2.45) is 0 Å². The third-order valence-electron chi connectivity index (χ3n) is 3.30. The van der Waals surface area contributed by atoms with Gasteiger partial charge in [-0.2, -0.15) is 0 Å². The van der Waals surface area contributed by atoms with Crippen LogP contribution in [0.25, 0.3) is 0 Å². The van der Waals surface area contributed by atoms with Crippen LogP contribution in [-0.4, -0.2) is 42.5 Å². The molecule has 4 atom stereocenters. The Kier molecular flexibility index (Phi) is 4.99. The van der Waals surface area contributed by atoms with Crippen molar-refractivity contribution in [3.8, 4) is 0 Å². The molecule has 0 aromatic carbocycles. The van der Waals surface area contributed by atoms with Crippen molar-refractivity contribution in [1.82, 2.24) is 9.55 Å². The van der Waals surface area contributed by atoms with Gasteiger partial charge in [-0.3, -0.25) is 14.3 Å². The predicted molar refractivity (Wildman–Crippen MR) is 80.1 cm³/mol. The molecule has 0 bridgehead atoms. The Morgan fingerprint density at radius 3 is 2.75 bits per heavy atom. The zero-order chi connectivity index (χ0) is 14.9. The fourth-order valence-corrected chi connectivity index (χ4v) is 3.00. The van der Waals surface area contributed by atoms with Crippen molar-refractivity contribution >= 4 is 22.6 Å². The fourth-order valence-electron chi connectivity index (χ4n) is 2.25. The average molecular weight is 396 g/mol. The molecule has 1 aliphatic heterocycles. The Bertz CT molecular complexity index is 584. The SMILES string of the molecule is CCCc1cn([C@H]2O[C@@H](CO)C(I)C2O)c(=O)[nH]c1=O. The third kappa shape index (κ3) is 2.83. The number of rotatable bonds is 4. The Morgan fingerprint density at radius 1 is 1.50 bits per heavy atom. The van der Waals surface area contributed by atoms with Gasteiger partial charge in [0.1, 0.15) is 6.10 Å². The van der Waals surface area contributed by atoms with E-state index >= 15 is 0 Å². The number of ether oxygens (including phenoxy) is 1. The molecule has 0 saturated carbocycles. The summed E-state index contributed by atoms with van der Waals surface area (Å²) in [6.45, 7) is 1.69. The van der Waals surface area contributed by atoms with E-state index in [9.17, 15) is 19.8 Å². The lowest BCUT2D eigenvalue weighted by atomic mass is 10.2. The molecule has 1 aromatic heterocycles. The van der Waals surface area contributed by atoms with Crippen LogP contribution in [0.2, 0.25) is 0 Å². The van der Waals surface area contributed by atoms with Crippen LogP contribution in [0.1, 0.15) is 25.1 Å². The number of aliphatic hydroxyl groups excluding tert-OH is 2. The lowest BCUT2D eigenvalue weighted by Gasteiger charge is -2.18. The Balaban J connectivity index is 2.40. The summed E-state index contributed by atoms with van der Waals surface area (Å²) < 4.78 is 6.38. The number of alkyl halides is 1. The minimum Gasteiger partial charge on any atom is -0.394 e. The minimum atomic E-state index is -0.925. The predicted octanol–water partition coefficient (Wildman–Crippen LogP) is -0.457. The Hall–Kier alpha value is -0.710. The highest BCUT2D eigenvalue weighted by Gasteiger charge is 2.43. The Labute approximate surface area is 128 Å². The number of aryl methyl sites for hydroxylation is 1. The second kappa shape index (κ2) is 6.37. The molecule has 1 aromatic rings. The quantitative estimate of drug-likeness (QED) is 0.472. The molecule has 8 heteroatoms. The molecule has 20 heavy (non-hydrogen) atoms. The van der Waals surface area contributed by atoms with E-state index in [0.29, 0.717) is 12.0 Å². The van der Waals surface area contributed by atoms with Crippen molar-refractivity contribution in [3.05, 3.63) is 32.6 Å². The minimum absolute atomic E-state index is 0.235. The van der Waals surface area contributed by atoms with Crippen molar-refractivity contribution in [3.63, 3.8) is 0 Å². The molecular weight excluding hydrogens is 379 g/mol. The second-order valence-corrected chi connectivity index (χ2v) is 6.19. The maximum Gasteiger partial charge on any atom is 0.330 e. The molecule has 1 saturated heterocycles. The molecule has 0 radical (unpaired) electrons. The van der Waals surface area contributed by atoms with Crippen molar-refractivity contribution in [1.29, 1.82) is 0 Å². The normalized spacial score (nSPS) is 29.8. The fraction of sp³-hybridized carbons (Fsp3) is 0.667. The lowest BCUT2D eigenvalue weighted by Crippen LogP contribution is -2.37. The zero-order valence-electron chi connectivity index (χ0n) is 11.0. The summed E-state index contributed by atoms with van der Waals surface area (Å²) in [5.41, 5.74) is -0.563. The summed E-state index contributed by atoms with van der Waals surface area (Å²) in [5.74, 6) is 0. The van der Waals surface area contributed by atoms with Crippen LogP contribution in [0.15, 0.2) is 15.8 Å². The first-order chi connectivity index (χ1) is 9.49. The second-order valence-electron chi connectivity index (χ2n) is 4.75. The highest BCUT2D eigenvalue weighted by atomic mass is 127. The number of halogens is 1. The van der Waals surface area contributed by atoms with Gasteiger partial charge in [-0.1, -0.05) is 35.9 Å². The van der Waals surface area contributed by atoms with Gasteiger partial charge in [0.15, 0.2) is 6.23 Å². The van der Waals surface area contributed by atoms with Crippen LogP contribution in [0.3, 0.4) is 0 Å². The van der Waals surface area contributed by atoms with Gasteiger partial charge in [-0.25, -0.2) is 4.79 Å². The topological polar surface area (TPSA) is 105 Å². The lowest BCUT2D eigenvalue weighted by molar-refractivity contribution is -0.0531. The highest BCUT2D eigenvalue weighted by Crippen LogP contribution is 2.33. The molecular formula is C12H17IN2O5. The molecule has 7 nitrogen and oxygen atoms in total. The first-order valence-electron chi connectivity index (χ1n) is 6.42. The van der Waals surface area contributed by atoms with E-state index in [-0.39, 0.29) is 10.5 Å². The van der Waals surface area contributed by atoms with E-state index in [4.69, 9.17) is 4.74 Å². The van der Waals surface area contributed by atoms with Gasteiger partial charge in [0.2, 0.25) is 0 Å². The molecule has 0 aliphatic carbocycles. The van der Waals surface area contributed by atoms with Gasteiger partial charge < -0.3 is 14.9 Å². The third-order valence-corrected chi connectivity index (χ3v) is 4.84. The van der Waals surface area contributed by atoms with E-state index in [1.54, 1.807) is 0 Å². The monoisotopic (exact) mass is 396 g/mol. The van der Waals surface area contributed by atoms with Gasteiger partial charge in [0.25, 0.3) is 5.56 Å². The average Bonchev–Trinajstić information content (AvgIpc) is 2.70. The molecule has 1 fully saturated rings. The van der Waals surface area contributed by atoms with Crippen LogP contribution >= 0.6 is 22.6 Å². The first kappa shape index (κ1) is 15.7. The molecule has 112 valence electrons. The van der Waals surface area contributed by atoms with Crippen LogP contribution in [-0.2, 0) is 11.2 Å². The summed E-state index contributed by atoms with van der Waals surface area (Å²) in [6, 6.07) is 0. The van der Waals surface area contributed by atoms with Crippen LogP contribution < -0.4 is 11.2 Å². The number of aliphatic hydroxyl groups is 2. The number of aromatic amines is 1. The number of nitrogens with one attached hydrogen (secondary N) is 1. The molecule has 2 heterocycles. The van der Waals surface area contributed by atoms with E-state index in [0.717, 1.165) is 6.42 Å². The number of nitrogens with zero attached hydrogens (tertiary/aromatic N) is 1. The van der Waals surface area contributed by atoms with Crippen molar-refractivity contribution < 1.29 is 14.9 Å². The molecule has 3 N–H and O–H groups in total. The number of hydrogen-bond acceptors (Lipinski definition) is 5. The van der Waals surface area contributed by atoms with Gasteiger partial charge in [0, 0.05) is 11.8 Å². The summed E-state index contributed by atoms with van der Waals surface area (Å²) >= 11 is 1.98. The number of aromatic nitrogens is 2. The molecule has 2 rings (SSSR count). The largest absolute Gasteiger partial charge is 0.394 e. The van der Waals surface area contributed by atoms with Gasteiger partial charge in [0.05, 0.1) is 16.6 Å². The number of hydrogen-bond donors (Lipinski definition) is 3. The molecule has 2 unspecified atom stereocenters. The molecule has 0 amide bonds. The van der Waals surface area contributed by atoms with Crippen LogP contribution in [0, 0.1) is 0 Å². The number of H-pyrrole nitrogens is 1. The highest BCUT2D eigenvalue weighted by molar-refractivity contribution is 14.1. The van der Waals surface area contributed by atoms with Gasteiger partial charge in [-0.05, 0) is 6.42 Å². The van der Waals surface area contributed by atoms with Crippen LogP contribution in [0.5, 0.6) is 0 Å². The van der Waals surface area contributed by atoms with E-state index < -0.39 is 29.7 Å². The van der Waals surface area contributed by atoms with E-state index in [1.165, 1.54) is 10.8 Å². The van der Waals surface area contributed by atoms with Crippen molar-refractivity contribution in [2.45, 2.75) is 42.1 Å². The van der Waals surface area contributed by atoms with Crippen LogP contribution in [0.4, 0.5) is 0 Å². The molecule has 0 spiro atoms.